The first kappa shape index (κ1) is 17.3. The molecular weight excluding hydrogens is 278 g/mol. The average molecular weight is 300 g/mol. The second-order valence-corrected chi connectivity index (χ2v) is 5.14. The molecule has 0 aromatic carbocycles. The number of alkyl halides is 2. The summed E-state index contributed by atoms with van der Waals surface area (Å²) in [5, 5.41) is 4.18. The number of aryl methyl sites for hydroxylation is 1. The first-order valence-electron chi connectivity index (χ1n) is 6.70. The summed E-state index contributed by atoms with van der Waals surface area (Å²) < 4.78 is 27.0. The quantitative estimate of drug-likeness (QED) is 0.720. The van der Waals surface area contributed by atoms with E-state index in [9.17, 15) is 13.6 Å². The fourth-order valence-electron chi connectivity index (χ4n) is 1.86. The first-order chi connectivity index (χ1) is 9.81. The SMILES string of the molecule is CC(c1ccn(C)n1)N(CC(F)F)C(=O)/C=C/CN(C)C. The van der Waals surface area contributed by atoms with Crippen molar-refractivity contribution in [3.8, 4) is 0 Å². The van der Waals surface area contributed by atoms with Crippen molar-refractivity contribution in [2.75, 3.05) is 27.2 Å². The fraction of sp³-hybridized carbons (Fsp3) is 0.571. The third kappa shape index (κ3) is 5.63. The summed E-state index contributed by atoms with van der Waals surface area (Å²) in [5.41, 5.74) is 0.590. The van der Waals surface area contributed by atoms with Crippen molar-refractivity contribution in [2.24, 2.45) is 7.05 Å². The molecule has 7 heteroatoms. The lowest BCUT2D eigenvalue weighted by Crippen LogP contribution is -2.36. The Bertz CT molecular complexity index is 485. The Labute approximate surface area is 123 Å². The molecule has 0 aliphatic rings. The Hall–Kier alpha value is -1.76. The second kappa shape index (κ2) is 7.87. The number of carbonyl (C=O) groups excluding carboxylic acids is 1. The van der Waals surface area contributed by atoms with Gasteiger partial charge in [0.25, 0.3) is 6.43 Å². The van der Waals surface area contributed by atoms with Gasteiger partial charge in [-0.05, 0) is 27.1 Å². The minimum Gasteiger partial charge on any atom is -0.325 e. The standard InChI is InChI=1S/C14H22F2N4O/c1-11(12-7-9-19(4)17-12)20(10-13(15)16)14(21)6-5-8-18(2)3/h5-7,9,11,13H,8,10H2,1-4H3/b6-5+. The summed E-state index contributed by atoms with van der Waals surface area (Å²) in [7, 11) is 5.47. The summed E-state index contributed by atoms with van der Waals surface area (Å²) in [6.45, 7) is 1.66. The van der Waals surface area contributed by atoms with Crippen LogP contribution in [0, 0.1) is 0 Å². The van der Waals surface area contributed by atoms with Gasteiger partial charge in [0, 0.05) is 25.9 Å². The predicted molar refractivity (Wildman–Crippen MR) is 77.0 cm³/mol. The highest BCUT2D eigenvalue weighted by atomic mass is 19.3. The van der Waals surface area contributed by atoms with E-state index in [1.54, 1.807) is 37.0 Å². The van der Waals surface area contributed by atoms with Crippen molar-refractivity contribution in [1.29, 1.82) is 0 Å². The van der Waals surface area contributed by atoms with E-state index in [4.69, 9.17) is 0 Å². The fourth-order valence-corrected chi connectivity index (χ4v) is 1.86. The van der Waals surface area contributed by atoms with Crippen molar-refractivity contribution >= 4 is 5.91 Å². The number of amides is 1. The van der Waals surface area contributed by atoms with Crippen molar-refractivity contribution in [3.63, 3.8) is 0 Å². The van der Waals surface area contributed by atoms with E-state index in [1.807, 2.05) is 19.0 Å². The van der Waals surface area contributed by atoms with E-state index >= 15 is 0 Å². The smallest absolute Gasteiger partial charge is 0.255 e. The number of carbonyl (C=O) groups is 1. The maximum absolute atomic E-state index is 12.7. The van der Waals surface area contributed by atoms with Gasteiger partial charge in [0.05, 0.1) is 18.3 Å². The number of halogens is 2. The van der Waals surface area contributed by atoms with Gasteiger partial charge in [0.1, 0.15) is 0 Å². The summed E-state index contributed by atoms with van der Waals surface area (Å²) >= 11 is 0. The lowest BCUT2D eigenvalue weighted by molar-refractivity contribution is -0.130. The number of likely N-dealkylation sites (N-methyl/N-ethyl adjacent to an activating group) is 1. The molecule has 0 bridgehead atoms. The molecule has 5 nitrogen and oxygen atoms in total. The highest BCUT2D eigenvalue weighted by Gasteiger charge is 2.24. The molecule has 0 spiro atoms. The van der Waals surface area contributed by atoms with Crippen LogP contribution in [0.3, 0.4) is 0 Å². The third-order valence-electron chi connectivity index (χ3n) is 2.98. The molecule has 1 aromatic rings. The van der Waals surface area contributed by atoms with E-state index in [0.29, 0.717) is 12.2 Å². The summed E-state index contributed by atoms with van der Waals surface area (Å²) in [6, 6.07) is 1.22. The van der Waals surface area contributed by atoms with Gasteiger partial charge < -0.3 is 9.80 Å². The van der Waals surface area contributed by atoms with Gasteiger partial charge in [-0.3, -0.25) is 9.48 Å². The minimum atomic E-state index is -2.58. The van der Waals surface area contributed by atoms with Crippen LogP contribution in [0.1, 0.15) is 18.7 Å². The zero-order valence-corrected chi connectivity index (χ0v) is 12.8. The Morgan fingerprint density at radius 2 is 2.14 bits per heavy atom. The van der Waals surface area contributed by atoms with Gasteiger partial charge in [0.2, 0.25) is 5.91 Å². The van der Waals surface area contributed by atoms with E-state index in [1.165, 1.54) is 6.08 Å². The monoisotopic (exact) mass is 300 g/mol. The lowest BCUT2D eigenvalue weighted by Gasteiger charge is -2.26. The van der Waals surface area contributed by atoms with Crippen LogP contribution in [0.25, 0.3) is 0 Å². The highest BCUT2D eigenvalue weighted by Crippen LogP contribution is 2.19. The Balaban J connectivity index is 2.84. The molecule has 0 aliphatic carbocycles. The maximum Gasteiger partial charge on any atom is 0.255 e. The molecule has 0 fully saturated rings. The molecule has 21 heavy (non-hydrogen) atoms. The van der Waals surface area contributed by atoms with E-state index < -0.39 is 24.9 Å². The summed E-state index contributed by atoms with van der Waals surface area (Å²) in [4.78, 5) is 15.2. The zero-order chi connectivity index (χ0) is 16.0. The number of rotatable bonds is 7. The zero-order valence-electron chi connectivity index (χ0n) is 12.8. The van der Waals surface area contributed by atoms with Crippen LogP contribution in [-0.2, 0) is 11.8 Å². The lowest BCUT2D eigenvalue weighted by atomic mass is 10.2. The summed E-state index contributed by atoms with van der Waals surface area (Å²) in [6.07, 6.45) is 2.13. The topological polar surface area (TPSA) is 41.4 Å². The molecule has 0 aliphatic heterocycles. The molecule has 1 amide bonds. The molecule has 118 valence electrons. The van der Waals surface area contributed by atoms with Crippen LogP contribution >= 0.6 is 0 Å². The first-order valence-corrected chi connectivity index (χ1v) is 6.70. The Morgan fingerprint density at radius 1 is 1.48 bits per heavy atom. The van der Waals surface area contributed by atoms with Crippen molar-refractivity contribution < 1.29 is 13.6 Å². The van der Waals surface area contributed by atoms with Gasteiger partial charge in [-0.15, -0.1) is 0 Å². The van der Waals surface area contributed by atoms with Crippen molar-refractivity contribution in [2.45, 2.75) is 19.4 Å². The minimum absolute atomic E-state index is 0.435. The molecule has 1 heterocycles. The molecule has 0 saturated heterocycles. The predicted octanol–water partition coefficient (Wildman–Crippen LogP) is 1.69. The number of aromatic nitrogens is 2. The molecule has 0 N–H and O–H groups in total. The van der Waals surface area contributed by atoms with Crippen LogP contribution in [0.15, 0.2) is 24.4 Å². The number of hydrogen-bond donors (Lipinski definition) is 0. The molecule has 1 aromatic heterocycles. The van der Waals surface area contributed by atoms with Crippen LogP contribution < -0.4 is 0 Å². The average Bonchev–Trinajstić information content (AvgIpc) is 2.81. The molecule has 0 saturated carbocycles. The Morgan fingerprint density at radius 3 is 2.62 bits per heavy atom. The summed E-state index contributed by atoms with van der Waals surface area (Å²) in [5.74, 6) is -0.435. The molecule has 1 rings (SSSR count). The highest BCUT2D eigenvalue weighted by molar-refractivity contribution is 5.87. The molecular formula is C14H22F2N4O. The van der Waals surface area contributed by atoms with Gasteiger partial charge >= 0.3 is 0 Å². The van der Waals surface area contributed by atoms with Crippen LogP contribution in [0.5, 0.6) is 0 Å². The third-order valence-corrected chi connectivity index (χ3v) is 2.98. The van der Waals surface area contributed by atoms with Crippen molar-refractivity contribution in [3.05, 3.63) is 30.1 Å². The Kier molecular flexibility index (Phi) is 6.48. The molecule has 1 unspecified atom stereocenters. The number of nitrogens with zero attached hydrogens (tertiary/aromatic N) is 4. The van der Waals surface area contributed by atoms with Gasteiger partial charge in [0.15, 0.2) is 0 Å². The van der Waals surface area contributed by atoms with Gasteiger partial charge in [-0.2, -0.15) is 5.10 Å². The van der Waals surface area contributed by atoms with Gasteiger partial charge in [-0.25, -0.2) is 8.78 Å². The largest absolute Gasteiger partial charge is 0.325 e. The molecule has 1 atom stereocenters. The normalized spacial score (nSPS) is 13.3. The van der Waals surface area contributed by atoms with E-state index in [0.717, 1.165) is 4.90 Å². The van der Waals surface area contributed by atoms with Gasteiger partial charge in [-0.1, -0.05) is 6.08 Å². The van der Waals surface area contributed by atoms with Crippen LogP contribution in [0.4, 0.5) is 8.78 Å². The van der Waals surface area contributed by atoms with Crippen molar-refractivity contribution in [1.82, 2.24) is 19.6 Å². The number of hydrogen-bond acceptors (Lipinski definition) is 3. The van der Waals surface area contributed by atoms with E-state index in [-0.39, 0.29) is 0 Å². The van der Waals surface area contributed by atoms with E-state index in [2.05, 4.69) is 5.10 Å². The van der Waals surface area contributed by atoms with Crippen LogP contribution in [-0.4, -0.2) is 59.1 Å². The second-order valence-electron chi connectivity index (χ2n) is 5.14. The molecule has 0 radical (unpaired) electrons. The maximum atomic E-state index is 12.7. The van der Waals surface area contributed by atoms with Crippen LogP contribution in [0.2, 0.25) is 0 Å².